The Labute approximate surface area is 174 Å². The third-order valence-corrected chi connectivity index (χ3v) is 5.50. The van der Waals surface area contributed by atoms with E-state index in [0.29, 0.717) is 40.9 Å². The van der Waals surface area contributed by atoms with Crippen LogP contribution in [-0.4, -0.2) is 36.4 Å². The molecule has 0 spiro atoms. The SMILES string of the molecule is COCc1ccc(C(=O)N2CCCCC2C(=O)Nc2ccc(Cl)c(Cl)c2)cc1. The number of likely N-dealkylation sites (tertiary alicyclic amines) is 1. The van der Waals surface area contributed by atoms with Crippen molar-refractivity contribution in [3.63, 3.8) is 0 Å². The molecule has 0 aromatic heterocycles. The van der Waals surface area contributed by atoms with E-state index in [1.165, 1.54) is 0 Å². The number of carbonyl (C=O) groups excluding carboxylic acids is 2. The van der Waals surface area contributed by atoms with E-state index in [4.69, 9.17) is 27.9 Å². The van der Waals surface area contributed by atoms with Gasteiger partial charge in [-0.15, -0.1) is 0 Å². The van der Waals surface area contributed by atoms with Gasteiger partial charge in [0.05, 0.1) is 16.7 Å². The van der Waals surface area contributed by atoms with Crippen LogP contribution < -0.4 is 5.32 Å². The van der Waals surface area contributed by atoms with E-state index in [2.05, 4.69) is 5.32 Å². The van der Waals surface area contributed by atoms with Crippen molar-refractivity contribution in [3.05, 3.63) is 63.6 Å². The molecule has 1 saturated heterocycles. The standard InChI is InChI=1S/C21H22Cl2N2O3/c1-28-13-14-5-7-15(8-6-14)21(27)25-11-3-2-4-19(25)20(26)24-16-9-10-17(22)18(23)12-16/h5-10,12,19H,2-4,11,13H2,1H3,(H,24,26). The van der Waals surface area contributed by atoms with Gasteiger partial charge in [0, 0.05) is 24.9 Å². The van der Waals surface area contributed by atoms with Crippen molar-refractivity contribution in [2.45, 2.75) is 31.9 Å². The predicted molar refractivity (Wildman–Crippen MR) is 111 cm³/mol. The largest absolute Gasteiger partial charge is 0.380 e. The van der Waals surface area contributed by atoms with Gasteiger partial charge in [-0.05, 0) is 55.2 Å². The van der Waals surface area contributed by atoms with Gasteiger partial charge in [0.1, 0.15) is 6.04 Å². The number of anilines is 1. The summed E-state index contributed by atoms with van der Waals surface area (Å²) >= 11 is 11.9. The van der Waals surface area contributed by atoms with Gasteiger partial charge in [0.15, 0.2) is 0 Å². The van der Waals surface area contributed by atoms with Crippen LogP contribution in [0.3, 0.4) is 0 Å². The lowest BCUT2D eigenvalue weighted by atomic mass is 9.99. The Hall–Kier alpha value is -2.08. The van der Waals surface area contributed by atoms with E-state index in [9.17, 15) is 9.59 Å². The minimum Gasteiger partial charge on any atom is -0.380 e. The fourth-order valence-electron chi connectivity index (χ4n) is 3.32. The molecule has 0 saturated carbocycles. The number of methoxy groups -OCH3 is 1. The third-order valence-electron chi connectivity index (χ3n) is 4.77. The number of piperidine rings is 1. The first-order valence-electron chi connectivity index (χ1n) is 9.14. The van der Waals surface area contributed by atoms with Gasteiger partial charge in [-0.2, -0.15) is 0 Å². The normalized spacial score (nSPS) is 16.7. The smallest absolute Gasteiger partial charge is 0.254 e. The molecule has 1 aliphatic heterocycles. The average molecular weight is 421 g/mol. The first-order valence-corrected chi connectivity index (χ1v) is 9.90. The zero-order chi connectivity index (χ0) is 20.1. The second-order valence-electron chi connectivity index (χ2n) is 6.76. The van der Waals surface area contributed by atoms with Crippen molar-refractivity contribution < 1.29 is 14.3 Å². The van der Waals surface area contributed by atoms with Crippen molar-refractivity contribution in [1.82, 2.24) is 4.90 Å². The highest BCUT2D eigenvalue weighted by Gasteiger charge is 2.32. The highest BCUT2D eigenvalue weighted by atomic mass is 35.5. The Morgan fingerprint density at radius 1 is 1.11 bits per heavy atom. The number of hydrogen-bond donors (Lipinski definition) is 1. The van der Waals surface area contributed by atoms with Crippen molar-refractivity contribution in [2.24, 2.45) is 0 Å². The highest BCUT2D eigenvalue weighted by molar-refractivity contribution is 6.42. The zero-order valence-electron chi connectivity index (χ0n) is 15.6. The molecule has 5 nitrogen and oxygen atoms in total. The number of nitrogens with zero attached hydrogens (tertiary/aromatic N) is 1. The molecule has 3 rings (SSSR count). The Kier molecular flexibility index (Phi) is 6.94. The summed E-state index contributed by atoms with van der Waals surface area (Å²) in [7, 11) is 1.63. The van der Waals surface area contributed by atoms with Gasteiger partial charge in [-0.25, -0.2) is 0 Å². The first-order chi connectivity index (χ1) is 13.5. The van der Waals surface area contributed by atoms with E-state index < -0.39 is 6.04 Å². The van der Waals surface area contributed by atoms with Crippen LogP contribution in [0.2, 0.25) is 10.0 Å². The Balaban J connectivity index is 1.74. The number of benzene rings is 2. The monoisotopic (exact) mass is 420 g/mol. The number of ether oxygens (including phenoxy) is 1. The van der Waals surface area contributed by atoms with E-state index in [1.807, 2.05) is 12.1 Å². The molecule has 28 heavy (non-hydrogen) atoms. The molecule has 0 radical (unpaired) electrons. The van der Waals surface area contributed by atoms with Gasteiger partial charge in [0.25, 0.3) is 5.91 Å². The summed E-state index contributed by atoms with van der Waals surface area (Å²) in [5, 5.41) is 3.64. The summed E-state index contributed by atoms with van der Waals surface area (Å²) in [6.07, 6.45) is 2.40. The Morgan fingerprint density at radius 2 is 1.86 bits per heavy atom. The molecule has 1 N–H and O–H groups in total. The van der Waals surface area contributed by atoms with Gasteiger partial charge in [-0.1, -0.05) is 35.3 Å². The second kappa shape index (κ2) is 9.41. The average Bonchev–Trinajstić information content (AvgIpc) is 2.71. The molecule has 1 aliphatic rings. The van der Waals surface area contributed by atoms with Crippen LogP contribution in [0.25, 0.3) is 0 Å². The van der Waals surface area contributed by atoms with Crippen molar-refractivity contribution in [2.75, 3.05) is 19.0 Å². The molecule has 148 valence electrons. The summed E-state index contributed by atoms with van der Waals surface area (Å²) in [6, 6.07) is 11.7. The zero-order valence-corrected chi connectivity index (χ0v) is 17.1. The minimum atomic E-state index is -0.519. The van der Waals surface area contributed by atoms with Crippen LogP contribution in [0, 0.1) is 0 Å². The van der Waals surface area contributed by atoms with Crippen molar-refractivity contribution in [1.29, 1.82) is 0 Å². The van der Waals surface area contributed by atoms with E-state index in [0.717, 1.165) is 18.4 Å². The molecule has 0 aliphatic carbocycles. The van der Waals surface area contributed by atoms with Crippen LogP contribution in [0.4, 0.5) is 5.69 Å². The topological polar surface area (TPSA) is 58.6 Å². The Morgan fingerprint density at radius 3 is 2.54 bits per heavy atom. The number of nitrogens with one attached hydrogen (secondary N) is 1. The number of hydrogen-bond acceptors (Lipinski definition) is 3. The van der Waals surface area contributed by atoms with Crippen LogP contribution in [-0.2, 0) is 16.1 Å². The second-order valence-corrected chi connectivity index (χ2v) is 7.57. The predicted octanol–water partition coefficient (Wildman–Crippen LogP) is 4.77. The number of carbonyl (C=O) groups is 2. The maximum atomic E-state index is 13.0. The molecular weight excluding hydrogens is 399 g/mol. The van der Waals surface area contributed by atoms with E-state index in [-0.39, 0.29) is 11.8 Å². The van der Waals surface area contributed by atoms with Gasteiger partial charge in [0.2, 0.25) is 5.91 Å². The van der Waals surface area contributed by atoms with Crippen LogP contribution in [0.15, 0.2) is 42.5 Å². The fourth-order valence-corrected chi connectivity index (χ4v) is 3.62. The summed E-state index contributed by atoms with van der Waals surface area (Å²) in [5.41, 5.74) is 2.11. The van der Waals surface area contributed by atoms with Crippen molar-refractivity contribution >= 4 is 40.7 Å². The third kappa shape index (κ3) is 4.85. The summed E-state index contributed by atoms with van der Waals surface area (Å²) in [4.78, 5) is 27.5. The van der Waals surface area contributed by atoms with Crippen molar-refractivity contribution in [3.8, 4) is 0 Å². The first kappa shape index (κ1) is 20.6. The molecule has 2 aromatic rings. The molecule has 1 fully saturated rings. The van der Waals surface area contributed by atoms with Gasteiger partial charge < -0.3 is 15.0 Å². The maximum Gasteiger partial charge on any atom is 0.254 e. The van der Waals surface area contributed by atoms with E-state index >= 15 is 0 Å². The lowest BCUT2D eigenvalue weighted by Gasteiger charge is -2.34. The minimum absolute atomic E-state index is 0.141. The van der Waals surface area contributed by atoms with Gasteiger partial charge >= 0.3 is 0 Å². The molecule has 7 heteroatoms. The Bertz CT molecular complexity index is 855. The molecular formula is C21H22Cl2N2O3. The maximum absolute atomic E-state index is 13.0. The lowest BCUT2D eigenvalue weighted by molar-refractivity contribution is -0.121. The van der Waals surface area contributed by atoms with E-state index in [1.54, 1.807) is 42.3 Å². The number of rotatable bonds is 5. The molecule has 1 atom stereocenters. The van der Waals surface area contributed by atoms with Crippen LogP contribution >= 0.6 is 23.2 Å². The molecule has 2 amide bonds. The quantitative estimate of drug-likeness (QED) is 0.757. The molecule has 2 aromatic carbocycles. The summed E-state index contributed by atoms with van der Waals surface area (Å²) < 4.78 is 5.10. The summed E-state index contributed by atoms with van der Waals surface area (Å²) in [5.74, 6) is -0.361. The highest BCUT2D eigenvalue weighted by Crippen LogP contribution is 2.26. The molecule has 0 bridgehead atoms. The number of amides is 2. The van der Waals surface area contributed by atoms with Crippen LogP contribution in [0.5, 0.6) is 0 Å². The summed E-state index contributed by atoms with van der Waals surface area (Å²) in [6.45, 7) is 1.05. The number of halogens is 2. The molecule has 1 unspecified atom stereocenters. The lowest BCUT2D eigenvalue weighted by Crippen LogP contribution is -2.50. The van der Waals surface area contributed by atoms with Gasteiger partial charge in [-0.3, -0.25) is 9.59 Å². The fraction of sp³-hybridized carbons (Fsp3) is 0.333. The molecule has 1 heterocycles. The van der Waals surface area contributed by atoms with Crippen LogP contribution in [0.1, 0.15) is 35.2 Å².